The van der Waals surface area contributed by atoms with Crippen LogP contribution in [0.5, 0.6) is 0 Å². The van der Waals surface area contributed by atoms with Crippen LogP contribution >= 0.6 is 0 Å². The fourth-order valence-corrected chi connectivity index (χ4v) is 2.70. The van der Waals surface area contributed by atoms with Crippen LogP contribution in [0.15, 0.2) is 59.1 Å². The highest BCUT2D eigenvalue weighted by atomic mass is 19.1. The van der Waals surface area contributed by atoms with Gasteiger partial charge in [-0.2, -0.15) is 0 Å². The summed E-state index contributed by atoms with van der Waals surface area (Å²) in [5.41, 5.74) is 2.25. The van der Waals surface area contributed by atoms with Gasteiger partial charge >= 0.3 is 6.03 Å². The van der Waals surface area contributed by atoms with Crippen molar-refractivity contribution < 1.29 is 13.7 Å². The number of halogens is 1. The predicted octanol–water partition coefficient (Wildman–Crippen LogP) is 5.54. The van der Waals surface area contributed by atoms with Crippen molar-refractivity contribution in [1.82, 2.24) is 5.16 Å². The van der Waals surface area contributed by atoms with E-state index in [4.69, 9.17) is 4.52 Å². The molecular formula is C22H24FN3O2. The number of hydrogen-bond donors (Lipinski definition) is 2. The van der Waals surface area contributed by atoms with E-state index in [1.165, 1.54) is 6.07 Å². The first-order chi connectivity index (χ1) is 13.3. The number of aryl methyl sites for hydroxylation is 2. The molecule has 0 bridgehead atoms. The maximum atomic E-state index is 13.7. The van der Waals surface area contributed by atoms with Crippen molar-refractivity contribution in [2.24, 2.45) is 0 Å². The van der Waals surface area contributed by atoms with E-state index < -0.39 is 6.03 Å². The Morgan fingerprint density at radius 1 is 1.04 bits per heavy atom. The first kappa shape index (κ1) is 19.6. The zero-order chi connectivity index (χ0) is 20.1. The molecule has 2 aromatic carbocycles. The highest BCUT2D eigenvalue weighted by Gasteiger charge is 2.20. The first-order valence-corrected chi connectivity index (χ1v) is 9.19. The van der Waals surface area contributed by atoms with Gasteiger partial charge < -0.3 is 9.84 Å². The Balaban J connectivity index is 1.53. The van der Waals surface area contributed by atoms with Crippen molar-refractivity contribution in [2.75, 3.05) is 10.6 Å². The second kappa shape index (κ2) is 8.25. The SMILES string of the molecule is CC(C)(C)c1cc(NC(=O)Nc2ccc(CCc3ccccc3F)cc2)no1. The van der Waals surface area contributed by atoms with E-state index in [0.29, 0.717) is 29.2 Å². The molecule has 0 atom stereocenters. The minimum absolute atomic E-state index is 0.179. The van der Waals surface area contributed by atoms with E-state index in [1.54, 1.807) is 18.2 Å². The standard InChI is InChI=1S/C22H24FN3O2/c1-22(2,3)19-14-20(26-28-19)25-21(27)24-17-12-9-15(10-13-17)8-11-16-6-4-5-7-18(16)23/h4-7,9-10,12-14H,8,11H2,1-3H3,(H2,24,25,26,27). The average Bonchev–Trinajstić information content (AvgIpc) is 3.11. The molecule has 0 radical (unpaired) electrons. The van der Waals surface area contributed by atoms with Gasteiger partial charge in [0, 0.05) is 17.2 Å². The van der Waals surface area contributed by atoms with Gasteiger partial charge in [-0.05, 0) is 42.2 Å². The van der Waals surface area contributed by atoms with Crippen LogP contribution in [0.1, 0.15) is 37.7 Å². The van der Waals surface area contributed by atoms with Crippen molar-refractivity contribution in [1.29, 1.82) is 0 Å². The average molecular weight is 381 g/mol. The van der Waals surface area contributed by atoms with Gasteiger partial charge in [0.25, 0.3) is 0 Å². The van der Waals surface area contributed by atoms with Crippen LogP contribution in [-0.2, 0) is 18.3 Å². The predicted molar refractivity (Wildman–Crippen MR) is 108 cm³/mol. The van der Waals surface area contributed by atoms with E-state index in [1.807, 2.05) is 51.1 Å². The summed E-state index contributed by atoms with van der Waals surface area (Å²) < 4.78 is 18.9. The number of benzene rings is 2. The molecule has 6 heteroatoms. The third kappa shape index (κ3) is 5.19. The number of amides is 2. The van der Waals surface area contributed by atoms with Crippen molar-refractivity contribution in [3.05, 3.63) is 77.3 Å². The first-order valence-electron chi connectivity index (χ1n) is 9.19. The van der Waals surface area contributed by atoms with Gasteiger partial charge in [-0.15, -0.1) is 0 Å². The second-order valence-electron chi connectivity index (χ2n) is 7.69. The molecule has 146 valence electrons. The van der Waals surface area contributed by atoms with E-state index in [0.717, 1.165) is 12.0 Å². The van der Waals surface area contributed by atoms with Gasteiger partial charge in [0.05, 0.1) is 0 Å². The highest BCUT2D eigenvalue weighted by Crippen LogP contribution is 2.24. The second-order valence-corrected chi connectivity index (χ2v) is 7.69. The lowest BCUT2D eigenvalue weighted by Crippen LogP contribution is -2.19. The molecule has 0 spiro atoms. The smallest absolute Gasteiger partial charge is 0.324 e. The molecule has 0 aliphatic heterocycles. The molecule has 0 aliphatic carbocycles. The lowest BCUT2D eigenvalue weighted by Gasteiger charge is -2.12. The maximum absolute atomic E-state index is 13.7. The van der Waals surface area contributed by atoms with Crippen LogP contribution in [0.3, 0.4) is 0 Å². The van der Waals surface area contributed by atoms with Crippen molar-refractivity contribution in [2.45, 2.75) is 39.0 Å². The third-order valence-corrected chi connectivity index (χ3v) is 4.34. The number of anilines is 2. The monoisotopic (exact) mass is 381 g/mol. The minimum atomic E-state index is -0.395. The lowest BCUT2D eigenvalue weighted by molar-refractivity contribution is 0.262. The molecule has 3 rings (SSSR count). The molecule has 2 amide bonds. The summed E-state index contributed by atoms with van der Waals surface area (Å²) in [5.74, 6) is 0.880. The number of urea groups is 1. The number of rotatable bonds is 5. The molecule has 0 fully saturated rings. The number of carbonyl (C=O) groups excluding carboxylic acids is 1. The molecular weight excluding hydrogens is 357 g/mol. The summed E-state index contributed by atoms with van der Waals surface area (Å²) in [7, 11) is 0. The fraction of sp³-hybridized carbons (Fsp3) is 0.273. The zero-order valence-electron chi connectivity index (χ0n) is 16.3. The summed E-state index contributed by atoms with van der Waals surface area (Å²) in [5, 5.41) is 9.27. The quantitative estimate of drug-likeness (QED) is 0.610. The van der Waals surface area contributed by atoms with Gasteiger partial charge in [-0.1, -0.05) is 56.3 Å². The number of nitrogens with one attached hydrogen (secondary N) is 2. The van der Waals surface area contributed by atoms with E-state index in [2.05, 4.69) is 15.8 Å². The summed E-state index contributed by atoms with van der Waals surface area (Å²) in [4.78, 5) is 12.1. The Morgan fingerprint density at radius 2 is 1.75 bits per heavy atom. The highest BCUT2D eigenvalue weighted by molar-refractivity contribution is 5.99. The number of nitrogens with zero attached hydrogens (tertiary/aromatic N) is 1. The van der Waals surface area contributed by atoms with E-state index in [9.17, 15) is 9.18 Å². The molecule has 0 unspecified atom stereocenters. The summed E-state index contributed by atoms with van der Waals surface area (Å²) in [6.07, 6.45) is 1.35. The Labute approximate surface area is 163 Å². The van der Waals surface area contributed by atoms with Crippen molar-refractivity contribution in [3.63, 3.8) is 0 Å². The van der Waals surface area contributed by atoms with Gasteiger partial charge in [-0.25, -0.2) is 9.18 Å². The molecule has 28 heavy (non-hydrogen) atoms. The van der Waals surface area contributed by atoms with Gasteiger partial charge in [0.2, 0.25) is 0 Å². The third-order valence-electron chi connectivity index (χ3n) is 4.34. The molecule has 0 saturated carbocycles. The Kier molecular flexibility index (Phi) is 5.78. The molecule has 1 aromatic heterocycles. The summed E-state index contributed by atoms with van der Waals surface area (Å²) in [6.45, 7) is 6.02. The molecule has 1 heterocycles. The maximum Gasteiger partial charge on any atom is 0.324 e. The minimum Gasteiger partial charge on any atom is -0.359 e. The Morgan fingerprint density at radius 3 is 2.39 bits per heavy atom. The zero-order valence-corrected chi connectivity index (χ0v) is 16.3. The summed E-state index contributed by atoms with van der Waals surface area (Å²) >= 11 is 0. The molecule has 0 aliphatic rings. The number of carbonyl (C=O) groups is 1. The lowest BCUT2D eigenvalue weighted by atomic mass is 9.93. The topological polar surface area (TPSA) is 67.2 Å². The fourth-order valence-electron chi connectivity index (χ4n) is 2.70. The van der Waals surface area contributed by atoms with Crippen LogP contribution in [0.2, 0.25) is 0 Å². The molecule has 3 aromatic rings. The Bertz CT molecular complexity index is 943. The van der Waals surface area contributed by atoms with Crippen LogP contribution in [-0.4, -0.2) is 11.2 Å². The largest absolute Gasteiger partial charge is 0.359 e. The van der Waals surface area contributed by atoms with Gasteiger partial charge in [-0.3, -0.25) is 5.32 Å². The van der Waals surface area contributed by atoms with Crippen molar-refractivity contribution in [3.8, 4) is 0 Å². The van der Waals surface area contributed by atoms with Crippen molar-refractivity contribution >= 4 is 17.5 Å². The molecule has 2 N–H and O–H groups in total. The Hall–Kier alpha value is -3.15. The number of hydrogen-bond acceptors (Lipinski definition) is 3. The summed E-state index contributed by atoms with van der Waals surface area (Å²) in [6, 6.07) is 15.6. The molecule has 5 nitrogen and oxygen atoms in total. The molecule has 0 saturated heterocycles. The van der Waals surface area contributed by atoms with E-state index in [-0.39, 0.29) is 11.2 Å². The van der Waals surface area contributed by atoms with Crippen LogP contribution in [0.25, 0.3) is 0 Å². The number of aromatic nitrogens is 1. The van der Waals surface area contributed by atoms with Gasteiger partial charge in [0.15, 0.2) is 5.82 Å². The normalized spacial score (nSPS) is 11.3. The van der Waals surface area contributed by atoms with Gasteiger partial charge in [0.1, 0.15) is 11.6 Å². The van der Waals surface area contributed by atoms with Crippen LogP contribution < -0.4 is 10.6 Å². The van der Waals surface area contributed by atoms with E-state index >= 15 is 0 Å². The van der Waals surface area contributed by atoms with Crippen LogP contribution in [0, 0.1) is 5.82 Å². The van der Waals surface area contributed by atoms with Crippen LogP contribution in [0.4, 0.5) is 20.7 Å².